The molecule has 10 heteroatoms. The number of aromatic nitrogens is 2. The van der Waals surface area contributed by atoms with Gasteiger partial charge in [-0.05, 0) is 12.8 Å². The van der Waals surface area contributed by atoms with Crippen molar-refractivity contribution >= 4 is 46.7 Å². The zero-order valence-electron chi connectivity index (χ0n) is 12.5. The first-order valence-corrected chi connectivity index (χ1v) is 9.15. The van der Waals surface area contributed by atoms with Crippen molar-refractivity contribution in [2.45, 2.75) is 35.0 Å². The summed E-state index contributed by atoms with van der Waals surface area (Å²) in [6.45, 7) is 5.46. The number of rotatable bonds is 8. The maximum Gasteiger partial charge on any atom is 0.231 e. The third-order valence-corrected chi connectivity index (χ3v) is 6.05. The third kappa shape index (κ3) is 5.82. The summed E-state index contributed by atoms with van der Waals surface area (Å²) in [7, 11) is 0. The summed E-state index contributed by atoms with van der Waals surface area (Å²) in [6.07, 6.45) is 0. The molecule has 0 unspecified atom stereocenters. The second-order valence-corrected chi connectivity index (χ2v) is 8.32. The minimum Gasteiger partial charge on any atom is -0.369 e. The van der Waals surface area contributed by atoms with Gasteiger partial charge < -0.3 is 11.1 Å². The fraction of sp³-hybridized carbons (Fsp3) is 0.583. The highest BCUT2D eigenvalue weighted by atomic mass is 32.2. The van der Waals surface area contributed by atoms with Gasteiger partial charge in [0.25, 0.3) is 0 Å². The van der Waals surface area contributed by atoms with E-state index in [1.807, 2.05) is 13.8 Å². The molecule has 0 radical (unpaired) electrons. The van der Waals surface area contributed by atoms with Crippen LogP contribution in [0.3, 0.4) is 0 Å². The fourth-order valence-corrected chi connectivity index (χ4v) is 3.76. The number of nitrogens with one attached hydrogen (secondary N) is 1. The van der Waals surface area contributed by atoms with Crippen LogP contribution in [0.4, 0.5) is 0 Å². The van der Waals surface area contributed by atoms with E-state index in [1.54, 1.807) is 6.92 Å². The molecule has 1 aromatic heterocycles. The van der Waals surface area contributed by atoms with Crippen molar-refractivity contribution in [1.82, 2.24) is 15.5 Å². The normalized spacial score (nSPS) is 13.4. The Morgan fingerprint density at radius 2 is 1.91 bits per heavy atom. The summed E-state index contributed by atoms with van der Waals surface area (Å²) < 4.78 is 1.26. The molecule has 0 fully saturated rings. The number of carbonyl (C=O) groups excluding carboxylic acids is 2. The lowest BCUT2D eigenvalue weighted by Gasteiger charge is -2.27. The van der Waals surface area contributed by atoms with Crippen LogP contribution in [0, 0.1) is 17.2 Å². The van der Waals surface area contributed by atoms with Gasteiger partial charge in [0.15, 0.2) is 8.68 Å². The van der Waals surface area contributed by atoms with E-state index in [1.165, 1.54) is 34.9 Å². The zero-order chi connectivity index (χ0) is 16.8. The average molecular weight is 360 g/mol. The van der Waals surface area contributed by atoms with Gasteiger partial charge in [-0.15, -0.1) is 10.2 Å². The van der Waals surface area contributed by atoms with E-state index >= 15 is 0 Å². The van der Waals surface area contributed by atoms with Gasteiger partial charge in [-0.2, -0.15) is 5.26 Å². The first-order chi connectivity index (χ1) is 10.3. The van der Waals surface area contributed by atoms with Gasteiger partial charge in [0, 0.05) is 0 Å². The molecule has 120 valence electrons. The van der Waals surface area contributed by atoms with Crippen LogP contribution in [0.5, 0.6) is 0 Å². The number of nitriles is 1. The van der Waals surface area contributed by atoms with Crippen molar-refractivity contribution in [3.05, 3.63) is 0 Å². The molecular formula is C12H17N5O2S3. The summed E-state index contributed by atoms with van der Waals surface area (Å²) in [6, 6.07) is 2.12. The van der Waals surface area contributed by atoms with Crippen molar-refractivity contribution in [2.75, 3.05) is 11.5 Å². The van der Waals surface area contributed by atoms with Crippen molar-refractivity contribution in [3.63, 3.8) is 0 Å². The topological polar surface area (TPSA) is 122 Å². The van der Waals surface area contributed by atoms with Crippen LogP contribution in [-0.2, 0) is 9.59 Å². The maximum atomic E-state index is 11.9. The molecule has 7 nitrogen and oxygen atoms in total. The molecule has 2 amide bonds. The van der Waals surface area contributed by atoms with Crippen LogP contribution < -0.4 is 11.1 Å². The standard InChI is InChI=1S/C12H17N5O2S3/c1-7(2)12(3,6-13)15-9(19)5-21-11-17-16-10(22-11)20-4-8(14)18/h7H,4-5H2,1-3H3,(H2,14,18)(H,15,19)/t12-/m0/s1. The number of nitrogens with two attached hydrogens (primary N) is 1. The highest BCUT2D eigenvalue weighted by molar-refractivity contribution is 8.03. The smallest absolute Gasteiger partial charge is 0.231 e. The summed E-state index contributed by atoms with van der Waals surface area (Å²) in [4.78, 5) is 22.6. The molecule has 3 N–H and O–H groups in total. The Labute approximate surface area is 141 Å². The van der Waals surface area contributed by atoms with E-state index in [2.05, 4.69) is 21.6 Å². The minimum absolute atomic E-state index is 0.00443. The number of amides is 2. The average Bonchev–Trinajstić information content (AvgIpc) is 2.90. The Balaban J connectivity index is 2.48. The van der Waals surface area contributed by atoms with Crippen LogP contribution in [-0.4, -0.2) is 39.1 Å². The summed E-state index contributed by atoms with van der Waals surface area (Å²) >= 11 is 3.75. The van der Waals surface area contributed by atoms with E-state index < -0.39 is 11.4 Å². The molecule has 0 aromatic carbocycles. The van der Waals surface area contributed by atoms with Gasteiger partial charge in [0.2, 0.25) is 11.8 Å². The Kier molecular flexibility index (Phi) is 7.12. The number of primary amides is 1. The number of carbonyl (C=O) groups is 2. The van der Waals surface area contributed by atoms with Gasteiger partial charge >= 0.3 is 0 Å². The summed E-state index contributed by atoms with van der Waals surface area (Å²) in [5.41, 5.74) is 4.17. The number of nitrogens with zero attached hydrogens (tertiary/aromatic N) is 3. The van der Waals surface area contributed by atoms with Crippen LogP contribution in [0.25, 0.3) is 0 Å². The summed E-state index contributed by atoms with van der Waals surface area (Å²) in [5.74, 6) is -0.347. The quantitative estimate of drug-likeness (QED) is 0.670. The van der Waals surface area contributed by atoms with Crippen molar-refractivity contribution < 1.29 is 9.59 Å². The molecule has 0 saturated carbocycles. The van der Waals surface area contributed by atoms with Gasteiger partial charge in [-0.25, -0.2) is 0 Å². The molecule has 1 atom stereocenters. The van der Waals surface area contributed by atoms with Gasteiger partial charge in [-0.3, -0.25) is 9.59 Å². The van der Waals surface area contributed by atoms with Crippen molar-refractivity contribution in [1.29, 1.82) is 5.26 Å². The van der Waals surface area contributed by atoms with Crippen LogP contribution in [0.1, 0.15) is 20.8 Å². The molecule has 1 heterocycles. The predicted octanol–water partition coefficient (Wildman–Crippen LogP) is 1.26. The molecular weight excluding hydrogens is 342 g/mol. The van der Waals surface area contributed by atoms with Crippen LogP contribution >= 0.6 is 34.9 Å². The number of hydrogen-bond acceptors (Lipinski definition) is 8. The van der Waals surface area contributed by atoms with E-state index in [0.29, 0.717) is 8.68 Å². The highest BCUT2D eigenvalue weighted by Crippen LogP contribution is 2.28. The molecule has 22 heavy (non-hydrogen) atoms. The first-order valence-electron chi connectivity index (χ1n) is 6.36. The highest BCUT2D eigenvalue weighted by Gasteiger charge is 2.29. The summed E-state index contributed by atoms with van der Waals surface area (Å²) in [5, 5.41) is 19.7. The largest absolute Gasteiger partial charge is 0.369 e. The Morgan fingerprint density at radius 1 is 1.36 bits per heavy atom. The van der Waals surface area contributed by atoms with Gasteiger partial charge in [0.1, 0.15) is 5.54 Å². The Hall–Kier alpha value is -1.31. The van der Waals surface area contributed by atoms with Gasteiger partial charge in [-0.1, -0.05) is 48.7 Å². The molecule has 1 rings (SSSR count). The van der Waals surface area contributed by atoms with Crippen molar-refractivity contribution in [2.24, 2.45) is 11.7 Å². The van der Waals surface area contributed by atoms with Crippen molar-refractivity contribution in [3.8, 4) is 6.07 Å². The second kappa shape index (κ2) is 8.36. The number of thioether (sulfide) groups is 2. The lowest BCUT2D eigenvalue weighted by Crippen LogP contribution is -2.49. The van der Waals surface area contributed by atoms with E-state index in [0.717, 1.165) is 0 Å². The second-order valence-electron chi connectivity index (χ2n) is 4.89. The predicted molar refractivity (Wildman–Crippen MR) is 87.6 cm³/mol. The fourth-order valence-electron chi connectivity index (χ4n) is 1.20. The lowest BCUT2D eigenvalue weighted by atomic mass is 9.90. The molecule has 0 spiro atoms. The minimum atomic E-state index is -0.888. The molecule has 0 bridgehead atoms. The monoisotopic (exact) mass is 359 g/mol. The SMILES string of the molecule is CC(C)[C@](C)(C#N)NC(=O)CSc1nnc(SCC(N)=O)s1. The first kappa shape index (κ1) is 18.7. The molecule has 0 aliphatic carbocycles. The third-order valence-electron chi connectivity index (χ3n) is 2.84. The molecule has 0 aliphatic rings. The van der Waals surface area contributed by atoms with E-state index in [4.69, 9.17) is 11.0 Å². The zero-order valence-corrected chi connectivity index (χ0v) is 14.9. The van der Waals surface area contributed by atoms with Crippen LogP contribution in [0.15, 0.2) is 8.68 Å². The Morgan fingerprint density at radius 3 is 2.36 bits per heavy atom. The van der Waals surface area contributed by atoms with Gasteiger partial charge in [0.05, 0.1) is 17.6 Å². The number of hydrogen-bond donors (Lipinski definition) is 2. The molecule has 0 aliphatic heterocycles. The Bertz CT molecular complexity index is 584. The maximum absolute atomic E-state index is 11.9. The lowest BCUT2D eigenvalue weighted by molar-refractivity contribution is -0.120. The van der Waals surface area contributed by atoms with E-state index in [-0.39, 0.29) is 23.3 Å². The molecule has 1 aromatic rings. The molecule has 0 saturated heterocycles. The van der Waals surface area contributed by atoms with E-state index in [9.17, 15) is 9.59 Å². The van der Waals surface area contributed by atoms with Crippen LogP contribution in [0.2, 0.25) is 0 Å².